The zero-order valence-electron chi connectivity index (χ0n) is 16.4. The van der Waals surface area contributed by atoms with E-state index in [1.807, 2.05) is 17.2 Å². The Morgan fingerprint density at radius 3 is 2.78 bits per heavy atom. The van der Waals surface area contributed by atoms with Crippen molar-refractivity contribution in [2.24, 2.45) is 0 Å². The highest BCUT2D eigenvalue weighted by atomic mass is 16.2. The molecule has 1 fully saturated rings. The van der Waals surface area contributed by atoms with Crippen molar-refractivity contribution in [3.63, 3.8) is 0 Å². The van der Waals surface area contributed by atoms with Gasteiger partial charge in [0.2, 0.25) is 0 Å². The van der Waals surface area contributed by atoms with Crippen molar-refractivity contribution in [3.05, 3.63) is 36.2 Å². The van der Waals surface area contributed by atoms with E-state index < -0.39 is 0 Å². The number of amides is 2. The van der Waals surface area contributed by atoms with Crippen LogP contribution in [0.5, 0.6) is 0 Å². The van der Waals surface area contributed by atoms with Gasteiger partial charge in [-0.15, -0.1) is 0 Å². The van der Waals surface area contributed by atoms with Crippen molar-refractivity contribution < 1.29 is 4.79 Å². The highest BCUT2D eigenvalue weighted by Crippen LogP contribution is 2.31. The van der Waals surface area contributed by atoms with Gasteiger partial charge in [-0.2, -0.15) is 0 Å². The second-order valence-electron chi connectivity index (χ2n) is 8.13. The molecule has 0 bridgehead atoms. The molecule has 0 saturated heterocycles. The van der Waals surface area contributed by atoms with Crippen LogP contribution in [-0.2, 0) is 0 Å². The van der Waals surface area contributed by atoms with Crippen molar-refractivity contribution in [1.82, 2.24) is 19.8 Å². The third kappa shape index (κ3) is 3.73. The Morgan fingerprint density at radius 1 is 1.26 bits per heavy atom. The molecule has 0 aromatic carbocycles. The standard InChI is InChI=1S/C22H30N4O/c1-16(2)26-15-20(19-9-6-12-23-21(19)26)17-10-13-25(14-11-17)22(27)24-18-7-4-3-5-8-18/h6,9-10,12,15-16,18H,3-5,7-8,11,13-14H2,1-2H3,(H,24,27). The molecule has 2 aromatic rings. The average molecular weight is 367 g/mol. The number of pyridine rings is 1. The van der Waals surface area contributed by atoms with Gasteiger partial charge in [0.25, 0.3) is 0 Å². The van der Waals surface area contributed by atoms with Gasteiger partial charge in [-0.1, -0.05) is 25.3 Å². The molecule has 1 aliphatic heterocycles. The van der Waals surface area contributed by atoms with Gasteiger partial charge in [0.15, 0.2) is 0 Å². The van der Waals surface area contributed by atoms with Gasteiger partial charge in [-0.3, -0.25) is 0 Å². The van der Waals surface area contributed by atoms with Crippen LogP contribution in [0.2, 0.25) is 0 Å². The van der Waals surface area contributed by atoms with E-state index in [0.29, 0.717) is 18.6 Å². The summed E-state index contributed by atoms with van der Waals surface area (Å²) in [6, 6.07) is 5.00. The fourth-order valence-corrected chi connectivity index (χ4v) is 4.34. The topological polar surface area (TPSA) is 50.2 Å². The molecular weight excluding hydrogens is 336 g/mol. The normalized spacial score (nSPS) is 18.8. The van der Waals surface area contributed by atoms with Crippen LogP contribution >= 0.6 is 0 Å². The number of rotatable bonds is 3. The van der Waals surface area contributed by atoms with Crippen molar-refractivity contribution in [1.29, 1.82) is 0 Å². The quantitative estimate of drug-likeness (QED) is 0.852. The number of carbonyl (C=O) groups excluding carboxylic acids is 1. The molecule has 0 radical (unpaired) electrons. The summed E-state index contributed by atoms with van der Waals surface area (Å²) < 4.78 is 2.24. The van der Waals surface area contributed by atoms with Crippen LogP contribution in [0.4, 0.5) is 4.79 Å². The third-order valence-electron chi connectivity index (χ3n) is 5.92. The number of nitrogens with zero attached hydrogens (tertiary/aromatic N) is 3. The van der Waals surface area contributed by atoms with Crippen LogP contribution in [0.3, 0.4) is 0 Å². The lowest BCUT2D eigenvalue weighted by molar-refractivity contribution is 0.195. The Kier molecular flexibility index (Phi) is 5.19. The van der Waals surface area contributed by atoms with E-state index in [1.165, 1.54) is 35.8 Å². The molecule has 3 heterocycles. The number of fused-ring (bicyclic) bond motifs is 1. The minimum atomic E-state index is 0.100. The first-order valence-corrected chi connectivity index (χ1v) is 10.3. The van der Waals surface area contributed by atoms with E-state index in [1.54, 1.807) is 0 Å². The Hall–Kier alpha value is -2.30. The molecule has 144 valence electrons. The fourth-order valence-electron chi connectivity index (χ4n) is 4.34. The Balaban J connectivity index is 1.49. The third-order valence-corrected chi connectivity index (χ3v) is 5.92. The summed E-state index contributed by atoms with van der Waals surface area (Å²) in [5, 5.41) is 4.44. The van der Waals surface area contributed by atoms with Gasteiger partial charge in [0.05, 0.1) is 0 Å². The molecule has 2 amide bonds. The van der Waals surface area contributed by atoms with E-state index in [2.05, 4.69) is 47.1 Å². The lowest BCUT2D eigenvalue weighted by Crippen LogP contribution is -2.46. The molecule has 1 N–H and O–H groups in total. The SMILES string of the molecule is CC(C)n1cc(C2=CCN(C(=O)NC3CCCCC3)CC2)c2cccnc21. The second-order valence-corrected chi connectivity index (χ2v) is 8.13. The van der Waals surface area contributed by atoms with E-state index in [-0.39, 0.29) is 6.03 Å². The number of carbonyl (C=O) groups is 1. The van der Waals surface area contributed by atoms with E-state index >= 15 is 0 Å². The predicted molar refractivity (Wildman–Crippen MR) is 110 cm³/mol. The highest BCUT2D eigenvalue weighted by Gasteiger charge is 2.23. The van der Waals surface area contributed by atoms with Gasteiger partial charge >= 0.3 is 6.03 Å². The molecule has 2 aliphatic rings. The van der Waals surface area contributed by atoms with Gasteiger partial charge in [0.1, 0.15) is 5.65 Å². The first-order chi connectivity index (χ1) is 13.1. The van der Waals surface area contributed by atoms with Crippen LogP contribution in [0.25, 0.3) is 16.6 Å². The smallest absolute Gasteiger partial charge is 0.317 e. The lowest BCUT2D eigenvalue weighted by atomic mass is 9.95. The largest absolute Gasteiger partial charge is 0.335 e. The summed E-state index contributed by atoms with van der Waals surface area (Å²) in [6.07, 6.45) is 13.2. The van der Waals surface area contributed by atoms with Crippen molar-refractivity contribution in [3.8, 4) is 0 Å². The molecule has 5 nitrogen and oxygen atoms in total. The van der Waals surface area contributed by atoms with Crippen LogP contribution in [0.15, 0.2) is 30.6 Å². The van der Waals surface area contributed by atoms with Gasteiger partial charge in [-0.05, 0) is 50.8 Å². The molecule has 4 rings (SSSR count). The summed E-state index contributed by atoms with van der Waals surface area (Å²) >= 11 is 0. The molecule has 5 heteroatoms. The van der Waals surface area contributed by atoms with Crippen LogP contribution in [0.1, 0.15) is 64.0 Å². The summed E-state index contributed by atoms with van der Waals surface area (Å²) in [7, 11) is 0. The molecule has 27 heavy (non-hydrogen) atoms. The Bertz CT molecular complexity index is 845. The number of aromatic nitrogens is 2. The van der Waals surface area contributed by atoms with E-state index in [0.717, 1.165) is 31.5 Å². The van der Waals surface area contributed by atoms with Crippen LogP contribution in [0, 0.1) is 0 Å². The van der Waals surface area contributed by atoms with Crippen molar-refractivity contribution in [2.45, 2.75) is 64.5 Å². The van der Waals surface area contributed by atoms with Crippen LogP contribution in [-0.4, -0.2) is 39.6 Å². The number of nitrogens with one attached hydrogen (secondary N) is 1. The summed E-state index contributed by atoms with van der Waals surface area (Å²) in [4.78, 5) is 19.1. The lowest BCUT2D eigenvalue weighted by Gasteiger charge is -2.30. The zero-order valence-corrected chi connectivity index (χ0v) is 16.4. The van der Waals surface area contributed by atoms with E-state index in [4.69, 9.17) is 0 Å². The molecule has 0 spiro atoms. The molecule has 1 saturated carbocycles. The minimum Gasteiger partial charge on any atom is -0.335 e. The fraction of sp³-hybridized carbons (Fsp3) is 0.545. The Labute approximate surface area is 161 Å². The maximum Gasteiger partial charge on any atom is 0.317 e. The van der Waals surface area contributed by atoms with Crippen molar-refractivity contribution in [2.75, 3.05) is 13.1 Å². The summed E-state index contributed by atoms with van der Waals surface area (Å²) in [6.45, 7) is 5.83. The maximum absolute atomic E-state index is 12.6. The molecule has 0 atom stereocenters. The predicted octanol–water partition coefficient (Wildman–Crippen LogP) is 4.75. The summed E-state index contributed by atoms with van der Waals surface area (Å²) in [5.74, 6) is 0. The first kappa shape index (κ1) is 18.1. The van der Waals surface area contributed by atoms with Crippen molar-refractivity contribution >= 4 is 22.6 Å². The van der Waals surface area contributed by atoms with Gasteiger partial charge in [0, 0.05) is 48.5 Å². The number of urea groups is 1. The molecular formula is C22H30N4O. The summed E-state index contributed by atoms with van der Waals surface area (Å²) in [5.41, 5.74) is 3.63. The monoisotopic (exact) mass is 366 g/mol. The second kappa shape index (κ2) is 7.75. The zero-order chi connectivity index (χ0) is 18.8. The number of hydrogen-bond donors (Lipinski definition) is 1. The molecule has 1 aliphatic carbocycles. The highest BCUT2D eigenvalue weighted by molar-refractivity contribution is 5.91. The Morgan fingerprint density at radius 2 is 2.07 bits per heavy atom. The van der Waals surface area contributed by atoms with Crippen LogP contribution < -0.4 is 5.32 Å². The average Bonchev–Trinajstić information content (AvgIpc) is 3.09. The van der Waals surface area contributed by atoms with Gasteiger partial charge < -0.3 is 14.8 Å². The molecule has 2 aromatic heterocycles. The van der Waals surface area contributed by atoms with E-state index in [9.17, 15) is 4.79 Å². The molecule has 0 unspecified atom stereocenters. The minimum absolute atomic E-state index is 0.100. The van der Waals surface area contributed by atoms with Gasteiger partial charge in [-0.25, -0.2) is 9.78 Å². The first-order valence-electron chi connectivity index (χ1n) is 10.3. The number of hydrogen-bond acceptors (Lipinski definition) is 2. The maximum atomic E-state index is 12.6.